The topological polar surface area (TPSA) is 39.0 Å². The van der Waals surface area contributed by atoms with Gasteiger partial charge < -0.3 is 5.32 Å². The zero-order valence-electron chi connectivity index (χ0n) is 11.3. The predicted molar refractivity (Wildman–Crippen MR) is 71.4 cm³/mol. The van der Waals surface area contributed by atoms with E-state index >= 15 is 0 Å². The van der Waals surface area contributed by atoms with Crippen LogP contribution in [0.5, 0.6) is 0 Å². The summed E-state index contributed by atoms with van der Waals surface area (Å²) < 4.78 is 3.60. The molecule has 17 heavy (non-hydrogen) atoms. The van der Waals surface area contributed by atoms with Gasteiger partial charge in [-0.3, -0.25) is 9.13 Å². The zero-order chi connectivity index (χ0) is 12.7. The van der Waals surface area contributed by atoms with Gasteiger partial charge in [-0.25, -0.2) is 4.79 Å². The van der Waals surface area contributed by atoms with Gasteiger partial charge in [0.25, 0.3) is 0 Å². The molecule has 1 heterocycles. The largest absolute Gasteiger partial charge is 0.328 e. The van der Waals surface area contributed by atoms with E-state index in [0.29, 0.717) is 6.04 Å². The normalized spacial score (nSPS) is 12.9. The van der Waals surface area contributed by atoms with Crippen molar-refractivity contribution in [3.05, 3.63) is 22.9 Å². The molecule has 0 radical (unpaired) electrons. The molecule has 0 bridgehead atoms. The molecule has 1 N–H and O–H groups in total. The number of aromatic nitrogens is 2. The Hall–Kier alpha value is -1.03. The van der Waals surface area contributed by atoms with Crippen LogP contribution in [0.1, 0.15) is 40.0 Å². The molecule has 1 aromatic rings. The lowest BCUT2D eigenvalue weighted by molar-refractivity contribution is 0.479. The van der Waals surface area contributed by atoms with Crippen molar-refractivity contribution in [2.75, 3.05) is 6.54 Å². The fourth-order valence-corrected chi connectivity index (χ4v) is 2.05. The van der Waals surface area contributed by atoms with Crippen LogP contribution in [0, 0.1) is 0 Å². The maximum absolute atomic E-state index is 11.9. The van der Waals surface area contributed by atoms with E-state index in [1.807, 2.05) is 17.0 Å². The zero-order valence-corrected chi connectivity index (χ0v) is 11.3. The van der Waals surface area contributed by atoms with E-state index in [1.54, 1.807) is 4.57 Å². The highest BCUT2D eigenvalue weighted by Gasteiger charge is 2.03. The van der Waals surface area contributed by atoms with E-state index in [2.05, 4.69) is 26.1 Å². The van der Waals surface area contributed by atoms with Crippen molar-refractivity contribution in [1.29, 1.82) is 0 Å². The van der Waals surface area contributed by atoms with Crippen LogP contribution in [0.2, 0.25) is 0 Å². The fourth-order valence-electron chi connectivity index (χ4n) is 2.05. The highest BCUT2D eigenvalue weighted by atomic mass is 16.1. The smallest absolute Gasteiger partial charge is 0.315 e. The van der Waals surface area contributed by atoms with E-state index in [4.69, 9.17) is 0 Å². The minimum absolute atomic E-state index is 0.128. The Balaban J connectivity index is 2.39. The van der Waals surface area contributed by atoms with Crippen LogP contribution in [-0.4, -0.2) is 21.7 Å². The molecule has 1 unspecified atom stereocenters. The Labute approximate surface area is 104 Å². The lowest BCUT2D eigenvalue weighted by Crippen LogP contribution is -2.27. The van der Waals surface area contributed by atoms with Gasteiger partial charge in [-0.15, -0.1) is 0 Å². The van der Waals surface area contributed by atoms with Crippen molar-refractivity contribution in [1.82, 2.24) is 14.5 Å². The third-order valence-electron chi connectivity index (χ3n) is 2.97. The summed E-state index contributed by atoms with van der Waals surface area (Å²) in [6, 6.07) is 0.536. The van der Waals surface area contributed by atoms with Gasteiger partial charge in [-0.1, -0.05) is 13.8 Å². The summed E-state index contributed by atoms with van der Waals surface area (Å²) in [6.07, 6.45) is 6.94. The second kappa shape index (κ2) is 7.33. The first-order chi connectivity index (χ1) is 8.19. The standard InChI is InChI=1S/C13H25N3O/c1-4-8-15-10-11-16(13(15)17)9-6-7-12(3)14-5-2/h10-12,14H,4-9H2,1-3H3. The van der Waals surface area contributed by atoms with Crippen molar-refractivity contribution in [3.63, 3.8) is 0 Å². The maximum atomic E-state index is 11.9. The minimum Gasteiger partial charge on any atom is -0.315 e. The van der Waals surface area contributed by atoms with E-state index in [0.717, 1.165) is 38.9 Å². The van der Waals surface area contributed by atoms with Gasteiger partial charge in [0.15, 0.2) is 0 Å². The van der Waals surface area contributed by atoms with Crippen molar-refractivity contribution in [3.8, 4) is 0 Å². The molecule has 4 nitrogen and oxygen atoms in total. The molecular weight excluding hydrogens is 214 g/mol. The Morgan fingerprint density at radius 3 is 2.47 bits per heavy atom. The molecule has 4 heteroatoms. The van der Waals surface area contributed by atoms with E-state index in [9.17, 15) is 4.79 Å². The van der Waals surface area contributed by atoms with Gasteiger partial charge in [0, 0.05) is 31.5 Å². The number of aryl methyl sites for hydroxylation is 2. The molecule has 98 valence electrons. The van der Waals surface area contributed by atoms with Crippen LogP contribution in [0.4, 0.5) is 0 Å². The van der Waals surface area contributed by atoms with Crippen molar-refractivity contribution in [2.45, 2.75) is 59.2 Å². The summed E-state index contributed by atoms with van der Waals surface area (Å²) in [4.78, 5) is 11.9. The summed E-state index contributed by atoms with van der Waals surface area (Å²) in [5.41, 5.74) is 0.128. The first-order valence-corrected chi connectivity index (χ1v) is 6.68. The van der Waals surface area contributed by atoms with E-state index in [1.165, 1.54) is 0 Å². The summed E-state index contributed by atoms with van der Waals surface area (Å²) in [5.74, 6) is 0. The number of hydrogen-bond acceptors (Lipinski definition) is 2. The highest BCUT2D eigenvalue weighted by Crippen LogP contribution is 1.99. The molecule has 0 spiro atoms. The molecule has 0 aliphatic carbocycles. The van der Waals surface area contributed by atoms with Crippen molar-refractivity contribution < 1.29 is 0 Å². The second-order valence-corrected chi connectivity index (χ2v) is 4.57. The molecular formula is C13H25N3O. The van der Waals surface area contributed by atoms with Crippen LogP contribution in [0.25, 0.3) is 0 Å². The monoisotopic (exact) mass is 239 g/mol. The third-order valence-corrected chi connectivity index (χ3v) is 2.97. The molecule has 1 rings (SSSR count). The van der Waals surface area contributed by atoms with Crippen LogP contribution < -0.4 is 11.0 Å². The molecule has 1 aromatic heterocycles. The Morgan fingerprint density at radius 1 is 1.24 bits per heavy atom. The van der Waals surface area contributed by atoms with Crippen LogP contribution in [0.3, 0.4) is 0 Å². The fraction of sp³-hybridized carbons (Fsp3) is 0.769. The summed E-state index contributed by atoms with van der Waals surface area (Å²) in [6.45, 7) is 9.04. The summed E-state index contributed by atoms with van der Waals surface area (Å²) >= 11 is 0. The molecule has 0 saturated carbocycles. The average molecular weight is 239 g/mol. The number of nitrogens with one attached hydrogen (secondary N) is 1. The molecule has 0 aliphatic rings. The Morgan fingerprint density at radius 2 is 1.88 bits per heavy atom. The first kappa shape index (κ1) is 14.0. The second-order valence-electron chi connectivity index (χ2n) is 4.57. The van der Waals surface area contributed by atoms with E-state index < -0.39 is 0 Å². The van der Waals surface area contributed by atoms with Gasteiger partial charge in [0.05, 0.1) is 0 Å². The molecule has 0 aromatic carbocycles. The van der Waals surface area contributed by atoms with Crippen molar-refractivity contribution in [2.24, 2.45) is 0 Å². The molecule has 0 fully saturated rings. The SMILES string of the molecule is CCCn1ccn(CCCC(C)NCC)c1=O. The van der Waals surface area contributed by atoms with Gasteiger partial charge in [0.1, 0.15) is 0 Å². The van der Waals surface area contributed by atoms with Crippen LogP contribution >= 0.6 is 0 Å². The quantitative estimate of drug-likeness (QED) is 0.752. The Kier molecular flexibility index (Phi) is 6.05. The molecule has 0 amide bonds. The van der Waals surface area contributed by atoms with Gasteiger partial charge in [-0.2, -0.15) is 0 Å². The summed E-state index contributed by atoms with van der Waals surface area (Å²) in [5, 5.41) is 3.38. The van der Waals surface area contributed by atoms with Gasteiger partial charge >= 0.3 is 5.69 Å². The third kappa shape index (κ3) is 4.38. The van der Waals surface area contributed by atoms with Gasteiger partial charge in [0.2, 0.25) is 0 Å². The lowest BCUT2D eigenvalue weighted by Gasteiger charge is -2.11. The number of rotatable bonds is 8. The summed E-state index contributed by atoms with van der Waals surface area (Å²) in [7, 11) is 0. The molecule has 0 saturated heterocycles. The minimum atomic E-state index is 0.128. The molecule has 1 atom stereocenters. The predicted octanol–water partition coefficient (Wildman–Crippen LogP) is 1.84. The first-order valence-electron chi connectivity index (χ1n) is 6.68. The number of nitrogens with zero attached hydrogens (tertiary/aromatic N) is 2. The van der Waals surface area contributed by atoms with E-state index in [-0.39, 0.29) is 5.69 Å². The van der Waals surface area contributed by atoms with Gasteiger partial charge in [-0.05, 0) is 32.7 Å². The average Bonchev–Trinajstić information content (AvgIpc) is 2.63. The highest BCUT2D eigenvalue weighted by molar-refractivity contribution is 4.81. The lowest BCUT2D eigenvalue weighted by atomic mass is 10.2. The number of hydrogen-bond donors (Lipinski definition) is 1. The number of imidazole rings is 1. The Bertz CT molecular complexity index is 367. The van der Waals surface area contributed by atoms with Crippen LogP contribution in [-0.2, 0) is 13.1 Å². The van der Waals surface area contributed by atoms with Crippen molar-refractivity contribution >= 4 is 0 Å². The van der Waals surface area contributed by atoms with Crippen LogP contribution in [0.15, 0.2) is 17.2 Å². The maximum Gasteiger partial charge on any atom is 0.328 e. The molecule has 0 aliphatic heterocycles.